The third-order valence-corrected chi connectivity index (χ3v) is 5.20. The SMILES string of the molecule is CCN(Cc1ccc(Cl)s1)C(=O)CSCC(=O)Nc1cc(C)on1. The van der Waals surface area contributed by atoms with Crippen LogP contribution in [0.3, 0.4) is 0 Å². The first-order valence-corrected chi connectivity index (χ1v) is 9.65. The maximum Gasteiger partial charge on any atom is 0.235 e. The summed E-state index contributed by atoms with van der Waals surface area (Å²) in [6.45, 7) is 4.82. The monoisotopic (exact) mass is 387 g/mol. The molecule has 2 amide bonds. The molecule has 0 spiro atoms. The number of rotatable bonds is 8. The molecule has 0 bridgehead atoms. The van der Waals surface area contributed by atoms with E-state index in [1.165, 1.54) is 23.1 Å². The molecule has 0 saturated heterocycles. The van der Waals surface area contributed by atoms with Crippen molar-refractivity contribution in [3.63, 3.8) is 0 Å². The van der Waals surface area contributed by atoms with E-state index in [2.05, 4.69) is 10.5 Å². The summed E-state index contributed by atoms with van der Waals surface area (Å²) in [5.41, 5.74) is 0. The fraction of sp³-hybridized carbons (Fsp3) is 0.400. The molecular formula is C15H18ClN3O3S2. The summed E-state index contributed by atoms with van der Waals surface area (Å²) in [6.07, 6.45) is 0. The molecule has 9 heteroatoms. The quantitative estimate of drug-likeness (QED) is 0.751. The van der Waals surface area contributed by atoms with Gasteiger partial charge in [0.1, 0.15) is 5.76 Å². The number of carbonyl (C=O) groups excluding carboxylic acids is 2. The third kappa shape index (κ3) is 5.85. The van der Waals surface area contributed by atoms with Crippen LogP contribution in [-0.4, -0.2) is 39.9 Å². The standard InChI is InChI=1S/C15H18ClN3O3S2/c1-3-19(7-11-4-5-12(16)24-11)15(21)9-23-8-14(20)17-13-6-10(2)22-18-13/h4-6H,3,7-9H2,1-2H3,(H,17,18,20). The fourth-order valence-corrected chi connectivity index (χ4v) is 3.75. The van der Waals surface area contributed by atoms with E-state index in [0.717, 1.165) is 4.88 Å². The molecule has 0 unspecified atom stereocenters. The summed E-state index contributed by atoms with van der Waals surface area (Å²) in [7, 11) is 0. The number of thioether (sulfide) groups is 1. The van der Waals surface area contributed by atoms with Crippen molar-refractivity contribution < 1.29 is 14.1 Å². The zero-order valence-corrected chi connectivity index (χ0v) is 15.8. The van der Waals surface area contributed by atoms with Crippen molar-refractivity contribution in [1.29, 1.82) is 0 Å². The van der Waals surface area contributed by atoms with Crippen LogP contribution >= 0.6 is 34.7 Å². The normalized spacial score (nSPS) is 10.6. The van der Waals surface area contributed by atoms with Crippen molar-refractivity contribution in [2.75, 3.05) is 23.4 Å². The van der Waals surface area contributed by atoms with E-state index < -0.39 is 0 Å². The highest BCUT2D eigenvalue weighted by molar-refractivity contribution is 8.00. The Bertz CT molecular complexity index is 702. The van der Waals surface area contributed by atoms with Gasteiger partial charge in [-0.15, -0.1) is 23.1 Å². The average Bonchev–Trinajstić information content (AvgIpc) is 3.13. The maximum absolute atomic E-state index is 12.2. The predicted octanol–water partition coefficient (Wildman–Crippen LogP) is 3.42. The highest BCUT2D eigenvalue weighted by Crippen LogP contribution is 2.23. The van der Waals surface area contributed by atoms with Gasteiger partial charge in [0, 0.05) is 17.5 Å². The second-order valence-corrected chi connectivity index (χ2v) is 7.76. The lowest BCUT2D eigenvalue weighted by molar-refractivity contribution is -0.128. The lowest BCUT2D eigenvalue weighted by atomic mass is 10.4. The van der Waals surface area contributed by atoms with Crippen molar-refractivity contribution in [3.8, 4) is 0 Å². The number of nitrogens with one attached hydrogen (secondary N) is 1. The zero-order chi connectivity index (χ0) is 17.5. The molecule has 2 aromatic rings. The summed E-state index contributed by atoms with van der Waals surface area (Å²) < 4.78 is 5.58. The van der Waals surface area contributed by atoms with Gasteiger partial charge in [-0.05, 0) is 26.0 Å². The molecule has 0 atom stereocenters. The summed E-state index contributed by atoms with van der Waals surface area (Å²) in [6, 6.07) is 5.38. The molecule has 0 aliphatic heterocycles. The summed E-state index contributed by atoms with van der Waals surface area (Å²) in [4.78, 5) is 26.8. The van der Waals surface area contributed by atoms with E-state index in [1.807, 2.05) is 19.1 Å². The van der Waals surface area contributed by atoms with E-state index >= 15 is 0 Å². The largest absolute Gasteiger partial charge is 0.360 e. The van der Waals surface area contributed by atoms with Gasteiger partial charge in [-0.1, -0.05) is 16.8 Å². The second-order valence-electron chi connectivity index (χ2n) is 4.98. The molecule has 0 aromatic carbocycles. The van der Waals surface area contributed by atoms with Gasteiger partial charge in [-0.2, -0.15) is 0 Å². The minimum Gasteiger partial charge on any atom is -0.360 e. The van der Waals surface area contributed by atoms with E-state index in [9.17, 15) is 9.59 Å². The van der Waals surface area contributed by atoms with Crippen LogP contribution in [0.2, 0.25) is 4.34 Å². The Balaban J connectivity index is 1.73. The van der Waals surface area contributed by atoms with Gasteiger partial charge in [-0.3, -0.25) is 9.59 Å². The van der Waals surface area contributed by atoms with Crippen LogP contribution in [0.5, 0.6) is 0 Å². The Labute approximate surface area is 153 Å². The molecule has 0 fully saturated rings. The number of hydrogen-bond acceptors (Lipinski definition) is 6. The number of nitrogens with zero attached hydrogens (tertiary/aromatic N) is 2. The smallest absolute Gasteiger partial charge is 0.235 e. The highest BCUT2D eigenvalue weighted by atomic mass is 35.5. The van der Waals surface area contributed by atoms with Crippen molar-refractivity contribution in [3.05, 3.63) is 33.2 Å². The van der Waals surface area contributed by atoms with Crippen LogP contribution in [0.1, 0.15) is 17.6 Å². The third-order valence-electron chi connectivity index (χ3n) is 3.06. The van der Waals surface area contributed by atoms with Crippen molar-refractivity contribution in [1.82, 2.24) is 10.1 Å². The summed E-state index contributed by atoms with van der Waals surface area (Å²) >= 11 is 8.64. The number of aryl methyl sites for hydroxylation is 1. The molecule has 0 saturated carbocycles. The van der Waals surface area contributed by atoms with E-state index in [1.54, 1.807) is 17.9 Å². The highest BCUT2D eigenvalue weighted by Gasteiger charge is 2.14. The maximum atomic E-state index is 12.2. The number of hydrogen-bond donors (Lipinski definition) is 1. The van der Waals surface area contributed by atoms with Crippen molar-refractivity contribution >= 4 is 52.3 Å². The van der Waals surface area contributed by atoms with E-state index in [4.69, 9.17) is 16.1 Å². The number of anilines is 1. The van der Waals surface area contributed by atoms with Crippen molar-refractivity contribution in [2.24, 2.45) is 0 Å². The molecule has 1 N–H and O–H groups in total. The summed E-state index contributed by atoms with van der Waals surface area (Å²) in [5.74, 6) is 1.22. The van der Waals surface area contributed by atoms with Crippen LogP contribution in [0.4, 0.5) is 5.82 Å². The first kappa shape index (κ1) is 18.8. The fourth-order valence-electron chi connectivity index (χ4n) is 1.93. The van der Waals surface area contributed by atoms with Crippen LogP contribution in [0, 0.1) is 6.92 Å². The minimum atomic E-state index is -0.214. The Kier molecular flexibility index (Phi) is 7.14. The molecular weight excluding hydrogens is 370 g/mol. The Morgan fingerprint density at radius 2 is 2.21 bits per heavy atom. The number of carbonyl (C=O) groups is 2. The van der Waals surface area contributed by atoms with Crippen LogP contribution in [-0.2, 0) is 16.1 Å². The average molecular weight is 388 g/mol. The number of amides is 2. The topological polar surface area (TPSA) is 75.4 Å². The molecule has 2 heterocycles. The van der Waals surface area contributed by atoms with Crippen LogP contribution < -0.4 is 5.32 Å². The molecule has 6 nitrogen and oxygen atoms in total. The first-order chi connectivity index (χ1) is 11.5. The first-order valence-electron chi connectivity index (χ1n) is 7.30. The number of thiophene rings is 1. The molecule has 24 heavy (non-hydrogen) atoms. The van der Waals surface area contributed by atoms with E-state index in [-0.39, 0.29) is 23.3 Å². The van der Waals surface area contributed by atoms with Gasteiger partial charge >= 0.3 is 0 Å². The Morgan fingerprint density at radius 1 is 1.42 bits per heavy atom. The summed E-state index contributed by atoms with van der Waals surface area (Å²) in [5, 5.41) is 6.31. The Hall–Kier alpha value is -1.51. The molecule has 130 valence electrons. The molecule has 0 aliphatic rings. The molecule has 0 radical (unpaired) electrons. The molecule has 0 aliphatic carbocycles. The lowest BCUT2D eigenvalue weighted by Crippen LogP contribution is -2.31. The van der Waals surface area contributed by atoms with Crippen LogP contribution in [0.15, 0.2) is 22.7 Å². The van der Waals surface area contributed by atoms with Crippen molar-refractivity contribution in [2.45, 2.75) is 20.4 Å². The van der Waals surface area contributed by atoms with Gasteiger partial charge in [-0.25, -0.2) is 0 Å². The van der Waals surface area contributed by atoms with Gasteiger partial charge < -0.3 is 14.7 Å². The molecule has 2 rings (SSSR count). The van der Waals surface area contributed by atoms with Gasteiger partial charge in [0.2, 0.25) is 11.8 Å². The van der Waals surface area contributed by atoms with E-state index in [0.29, 0.717) is 29.0 Å². The minimum absolute atomic E-state index is 0.00268. The van der Waals surface area contributed by atoms with Gasteiger partial charge in [0.05, 0.1) is 22.4 Å². The second kappa shape index (κ2) is 9.10. The van der Waals surface area contributed by atoms with Crippen LogP contribution in [0.25, 0.3) is 0 Å². The lowest BCUT2D eigenvalue weighted by Gasteiger charge is -2.19. The number of aromatic nitrogens is 1. The number of halogens is 1. The van der Waals surface area contributed by atoms with Gasteiger partial charge in [0.15, 0.2) is 5.82 Å². The predicted molar refractivity (Wildman–Crippen MR) is 97.6 cm³/mol. The zero-order valence-electron chi connectivity index (χ0n) is 13.4. The Morgan fingerprint density at radius 3 is 2.79 bits per heavy atom. The molecule has 2 aromatic heterocycles. The van der Waals surface area contributed by atoms with Gasteiger partial charge in [0.25, 0.3) is 0 Å².